The predicted molar refractivity (Wildman–Crippen MR) is 58.6 cm³/mol. The first kappa shape index (κ1) is 10.4. The fourth-order valence-electron chi connectivity index (χ4n) is 2.54. The largest absolute Gasteiger partial charge is 0.175 e. The highest BCUT2D eigenvalue weighted by atomic mass is 32.1. The Hall–Kier alpha value is 0.350. The van der Waals surface area contributed by atoms with Crippen LogP contribution in [0, 0.1) is 29.6 Å². The van der Waals surface area contributed by atoms with Crippen molar-refractivity contribution in [1.29, 1.82) is 0 Å². The second kappa shape index (κ2) is 3.61. The lowest BCUT2D eigenvalue weighted by Gasteiger charge is -2.45. The molecule has 0 heterocycles. The monoisotopic (exact) mass is 186 g/mol. The topological polar surface area (TPSA) is 0 Å². The van der Waals surface area contributed by atoms with E-state index in [1.54, 1.807) is 0 Å². The predicted octanol–water partition coefficient (Wildman–Crippen LogP) is 3.48. The molecule has 0 bridgehead atoms. The molecule has 1 heteroatoms. The molecule has 0 radical (unpaired) electrons. The highest BCUT2D eigenvalue weighted by Gasteiger charge is 2.39. The third-order valence-electron chi connectivity index (χ3n) is 4.39. The maximum Gasteiger partial charge on any atom is 0.00733 e. The van der Waals surface area contributed by atoms with Crippen molar-refractivity contribution < 1.29 is 0 Å². The van der Waals surface area contributed by atoms with E-state index in [1.807, 2.05) is 0 Å². The molecule has 1 saturated carbocycles. The summed E-state index contributed by atoms with van der Waals surface area (Å²) in [5, 5.41) is 0.603. The Morgan fingerprint density at radius 1 is 0.583 bits per heavy atom. The van der Waals surface area contributed by atoms with E-state index in [2.05, 4.69) is 34.6 Å². The maximum atomic E-state index is 4.71. The van der Waals surface area contributed by atoms with Gasteiger partial charge in [0.2, 0.25) is 0 Å². The van der Waals surface area contributed by atoms with Gasteiger partial charge in [-0.15, -0.1) is 0 Å². The summed E-state index contributed by atoms with van der Waals surface area (Å²) in [7, 11) is 0. The lowest BCUT2D eigenvalue weighted by atomic mass is 9.64. The SMILES string of the molecule is CC1[C@@H](C)[C@@H](C)C(S)[C@@H](C)[C@H]1C. The highest BCUT2D eigenvalue weighted by molar-refractivity contribution is 7.81. The fraction of sp³-hybridized carbons (Fsp3) is 1.00. The lowest BCUT2D eigenvalue weighted by molar-refractivity contribution is 0.0939. The lowest BCUT2D eigenvalue weighted by Crippen LogP contribution is -2.41. The Balaban J connectivity index is 2.76. The molecule has 0 aromatic heterocycles. The first-order valence-corrected chi connectivity index (χ1v) is 5.66. The number of hydrogen-bond acceptors (Lipinski definition) is 1. The third-order valence-corrected chi connectivity index (χ3v) is 5.34. The van der Waals surface area contributed by atoms with E-state index in [4.69, 9.17) is 12.6 Å². The zero-order chi connectivity index (χ0) is 9.46. The van der Waals surface area contributed by atoms with Gasteiger partial charge in [-0.2, -0.15) is 12.6 Å². The van der Waals surface area contributed by atoms with Gasteiger partial charge >= 0.3 is 0 Å². The van der Waals surface area contributed by atoms with Crippen molar-refractivity contribution in [1.82, 2.24) is 0 Å². The van der Waals surface area contributed by atoms with Crippen molar-refractivity contribution >= 4 is 12.6 Å². The van der Waals surface area contributed by atoms with Gasteiger partial charge in [-0.25, -0.2) is 0 Å². The average molecular weight is 186 g/mol. The van der Waals surface area contributed by atoms with E-state index in [0.717, 1.165) is 29.6 Å². The zero-order valence-corrected chi connectivity index (χ0v) is 9.81. The van der Waals surface area contributed by atoms with Gasteiger partial charge in [0.05, 0.1) is 0 Å². The molecule has 1 rings (SSSR count). The van der Waals surface area contributed by atoms with Gasteiger partial charge in [0, 0.05) is 5.25 Å². The number of hydrogen-bond donors (Lipinski definition) is 1. The molecule has 1 fully saturated rings. The van der Waals surface area contributed by atoms with Crippen molar-refractivity contribution in [2.75, 3.05) is 0 Å². The molecule has 1 aliphatic rings. The van der Waals surface area contributed by atoms with E-state index >= 15 is 0 Å². The van der Waals surface area contributed by atoms with Gasteiger partial charge in [-0.05, 0) is 29.6 Å². The van der Waals surface area contributed by atoms with Crippen LogP contribution in [0.2, 0.25) is 0 Å². The van der Waals surface area contributed by atoms with E-state index in [-0.39, 0.29) is 0 Å². The summed E-state index contributed by atoms with van der Waals surface area (Å²) < 4.78 is 0. The highest BCUT2D eigenvalue weighted by Crippen LogP contribution is 2.43. The van der Waals surface area contributed by atoms with Crippen LogP contribution >= 0.6 is 12.6 Å². The summed E-state index contributed by atoms with van der Waals surface area (Å²) >= 11 is 4.71. The van der Waals surface area contributed by atoms with Crippen LogP contribution in [0.5, 0.6) is 0 Å². The van der Waals surface area contributed by atoms with Gasteiger partial charge in [-0.1, -0.05) is 34.6 Å². The average Bonchev–Trinajstić information content (AvgIpc) is 2.08. The quantitative estimate of drug-likeness (QED) is 0.550. The second-order valence-electron chi connectivity index (χ2n) is 4.79. The summed E-state index contributed by atoms with van der Waals surface area (Å²) in [4.78, 5) is 0. The Bertz CT molecular complexity index is 96.6. The van der Waals surface area contributed by atoms with Crippen LogP contribution in [0.1, 0.15) is 34.6 Å². The van der Waals surface area contributed by atoms with Crippen LogP contribution in [-0.4, -0.2) is 5.25 Å². The molecular formula is C11H22S. The van der Waals surface area contributed by atoms with Crippen LogP contribution in [0.3, 0.4) is 0 Å². The molecule has 0 amide bonds. The van der Waals surface area contributed by atoms with E-state index in [0.29, 0.717) is 5.25 Å². The summed E-state index contributed by atoms with van der Waals surface area (Å²) in [5.74, 6) is 4.07. The van der Waals surface area contributed by atoms with Crippen LogP contribution in [0.15, 0.2) is 0 Å². The van der Waals surface area contributed by atoms with Crippen LogP contribution < -0.4 is 0 Å². The van der Waals surface area contributed by atoms with Crippen LogP contribution in [0.4, 0.5) is 0 Å². The van der Waals surface area contributed by atoms with Crippen molar-refractivity contribution in [2.45, 2.75) is 39.9 Å². The van der Waals surface area contributed by atoms with Gasteiger partial charge in [0.25, 0.3) is 0 Å². The number of thiol groups is 1. The molecule has 0 spiro atoms. The molecule has 0 aromatic rings. The summed E-state index contributed by atoms with van der Waals surface area (Å²) in [5.41, 5.74) is 0. The van der Waals surface area contributed by atoms with Crippen molar-refractivity contribution in [3.8, 4) is 0 Å². The Morgan fingerprint density at radius 2 is 0.833 bits per heavy atom. The molecule has 12 heavy (non-hydrogen) atoms. The van der Waals surface area contributed by atoms with Crippen LogP contribution in [-0.2, 0) is 0 Å². The molecular weight excluding hydrogens is 164 g/mol. The minimum Gasteiger partial charge on any atom is -0.175 e. The summed E-state index contributed by atoms with van der Waals surface area (Å²) in [6.45, 7) is 11.8. The Morgan fingerprint density at radius 3 is 1.17 bits per heavy atom. The van der Waals surface area contributed by atoms with Crippen LogP contribution in [0.25, 0.3) is 0 Å². The molecule has 0 N–H and O–H groups in total. The minimum absolute atomic E-state index is 0.603. The number of rotatable bonds is 0. The minimum atomic E-state index is 0.603. The normalized spacial score (nSPS) is 55.5. The molecule has 0 aromatic carbocycles. The van der Waals surface area contributed by atoms with Gasteiger partial charge in [0.1, 0.15) is 0 Å². The van der Waals surface area contributed by atoms with Gasteiger partial charge < -0.3 is 0 Å². The fourth-order valence-corrected chi connectivity index (χ4v) is 3.08. The van der Waals surface area contributed by atoms with Crippen molar-refractivity contribution in [3.05, 3.63) is 0 Å². The van der Waals surface area contributed by atoms with Crippen molar-refractivity contribution in [3.63, 3.8) is 0 Å². The smallest absolute Gasteiger partial charge is 0.00733 e. The molecule has 72 valence electrons. The molecule has 6 atom stereocenters. The van der Waals surface area contributed by atoms with E-state index in [9.17, 15) is 0 Å². The molecule has 1 aliphatic carbocycles. The van der Waals surface area contributed by atoms with Crippen molar-refractivity contribution in [2.24, 2.45) is 29.6 Å². The maximum absolute atomic E-state index is 4.71. The summed E-state index contributed by atoms with van der Waals surface area (Å²) in [6.07, 6.45) is 0. The zero-order valence-electron chi connectivity index (χ0n) is 8.91. The Labute approximate surface area is 82.5 Å². The standard InChI is InChI=1S/C11H22S/c1-6-7(2)9(4)11(12)10(5)8(6)3/h6-12H,1-5H3/t6?,7-,8+,9-,10+,11?. The van der Waals surface area contributed by atoms with E-state index in [1.165, 1.54) is 0 Å². The van der Waals surface area contributed by atoms with E-state index < -0.39 is 0 Å². The molecule has 2 unspecified atom stereocenters. The third kappa shape index (κ3) is 1.53. The Kier molecular flexibility index (Phi) is 3.14. The molecule has 0 saturated heterocycles. The van der Waals surface area contributed by atoms with Gasteiger partial charge in [-0.3, -0.25) is 0 Å². The van der Waals surface area contributed by atoms with Gasteiger partial charge in [0.15, 0.2) is 0 Å². The first-order chi connectivity index (χ1) is 5.46. The first-order valence-electron chi connectivity index (χ1n) is 5.14. The summed E-state index contributed by atoms with van der Waals surface area (Å²) in [6, 6.07) is 0. The second-order valence-corrected chi connectivity index (χ2v) is 5.38. The molecule has 0 aliphatic heterocycles. The molecule has 0 nitrogen and oxygen atoms in total.